The van der Waals surface area contributed by atoms with Gasteiger partial charge in [0, 0.05) is 23.8 Å². The van der Waals surface area contributed by atoms with E-state index >= 15 is 0 Å². The molecule has 1 heterocycles. The Morgan fingerprint density at radius 2 is 1.74 bits per heavy atom. The second-order valence-corrected chi connectivity index (χ2v) is 5.22. The van der Waals surface area contributed by atoms with E-state index in [1.165, 1.54) is 32.0 Å². The molecule has 0 spiro atoms. The molecule has 0 aliphatic carbocycles. The summed E-state index contributed by atoms with van der Waals surface area (Å²) >= 11 is 0. The second-order valence-electron chi connectivity index (χ2n) is 5.22. The summed E-state index contributed by atoms with van der Waals surface area (Å²) in [5.41, 5.74) is 0.424. The molecule has 27 heavy (non-hydrogen) atoms. The second kappa shape index (κ2) is 8.99. The van der Waals surface area contributed by atoms with Gasteiger partial charge in [0.2, 0.25) is 0 Å². The zero-order valence-corrected chi connectivity index (χ0v) is 15.1. The number of nitriles is 1. The number of carbonyl (C=O) groups excluding carboxylic acids is 1. The summed E-state index contributed by atoms with van der Waals surface area (Å²) in [6.07, 6.45) is 4.56. The number of ether oxygens (including phenoxy) is 3. The van der Waals surface area contributed by atoms with E-state index < -0.39 is 0 Å². The Bertz CT molecular complexity index is 966. The van der Waals surface area contributed by atoms with Crippen molar-refractivity contribution in [3.63, 3.8) is 0 Å². The first-order valence-electron chi connectivity index (χ1n) is 7.81. The molecule has 0 radical (unpaired) electrons. The van der Waals surface area contributed by atoms with Crippen LogP contribution in [0.4, 0.5) is 0 Å². The molecular weight excluding hydrogens is 346 g/mol. The van der Waals surface area contributed by atoms with Crippen molar-refractivity contribution in [2.45, 2.75) is 0 Å². The number of aromatic nitrogens is 1. The van der Waals surface area contributed by atoms with Crippen LogP contribution in [0, 0.1) is 16.7 Å². The minimum Gasteiger partial charge on any atom is -0.496 e. The zero-order chi connectivity index (χ0) is 19.8. The van der Waals surface area contributed by atoms with Crippen LogP contribution in [-0.4, -0.2) is 33.0 Å². The van der Waals surface area contributed by atoms with Crippen LogP contribution in [0.2, 0.25) is 0 Å². The maximum Gasteiger partial charge on any atom is 0.260 e. The van der Waals surface area contributed by atoms with Crippen LogP contribution in [-0.2, 0) is 0 Å². The highest BCUT2D eigenvalue weighted by Crippen LogP contribution is 2.28. The molecule has 0 atom stereocenters. The quantitative estimate of drug-likeness (QED) is 0.203. The van der Waals surface area contributed by atoms with Crippen LogP contribution in [0.25, 0.3) is 5.70 Å². The molecular formula is C20H18N3O4+. The molecule has 1 aromatic carbocycles. The minimum absolute atomic E-state index is 0.0813. The standard InChI is InChI=1S/C20H18N3O4/c1-25-16-6-8-23(9-7-16)17(10-14(12-21)13-22)20(24)15-4-5-18(26-2)19(11-15)27-3/h4-11,21H,1-3H3/q+1. The maximum absolute atomic E-state index is 13.1. The van der Waals surface area contributed by atoms with Gasteiger partial charge in [0.05, 0.1) is 21.3 Å². The van der Waals surface area contributed by atoms with Gasteiger partial charge in [-0.05, 0) is 24.1 Å². The first-order chi connectivity index (χ1) is 13.1. The minimum atomic E-state index is -0.367. The van der Waals surface area contributed by atoms with Crippen LogP contribution in [0.15, 0.2) is 54.4 Å². The largest absolute Gasteiger partial charge is 0.496 e. The molecule has 0 saturated heterocycles. The number of ketones is 1. The number of hydrogen-bond donors (Lipinski definition) is 1. The molecule has 0 bridgehead atoms. The first-order valence-corrected chi connectivity index (χ1v) is 7.81. The summed E-state index contributed by atoms with van der Waals surface area (Å²) in [4.78, 5) is 13.1. The van der Waals surface area contributed by atoms with Crippen molar-refractivity contribution in [3.8, 4) is 23.3 Å². The highest BCUT2D eigenvalue weighted by molar-refractivity contribution is 6.22. The molecule has 1 N–H and O–H groups in total. The fourth-order valence-corrected chi connectivity index (χ4v) is 2.33. The van der Waals surface area contributed by atoms with Crippen LogP contribution in [0.5, 0.6) is 17.2 Å². The molecule has 136 valence electrons. The molecule has 0 aliphatic heterocycles. The summed E-state index contributed by atoms with van der Waals surface area (Å²) in [5, 5.41) is 16.3. The topological polar surface area (TPSA) is 96.3 Å². The lowest BCUT2D eigenvalue weighted by Gasteiger charge is -2.09. The summed E-state index contributed by atoms with van der Waals surface area (Å²) in [6, 6.07) is 9.96. The summed E-state index contributed by atoms with van der Waals surface area (Å²) in [6.45, 7) is 0. The van der Waals surface area contributed by atoms with E-state index in [1.54, 1.807) is 42.7 Å². The highest BCUT2D eigenvalue weighted by atomic mass is 16.5. The van der Waals surface area contributed by atoms with E-state index in [1.807, 2.05) is 11.9 Å². The molecule has 0 aliphatic rings. The number of pyridine rings is 1. The van der Waals surface area contributed by atoms with Gasteiger partial charge in [-0.1, -0.05) is 0 Å². The molecule has 1 aromatic heterocycles. The van der Waals surface area contributed by atoms with Crippen molar-refractivity contribution < 1.29 is 23.6 Å². The molecule has 7 nitrogen and oxygen atoms in total. The first kappa shape index (κ1) is 19.4. The monoisotopic (exact) mass is 364 g/mol. The third-order valence-electron chi connectivity index (χ3n) is 3.73. The van der Waals surface area contributed by atoms with Crippen LogP contribution in [0.3, 0.4) is 0 Å². The predicted octanol–water partition coefficient (Wildman–Crippen LogP) is 2.42. The van der Waals surface area contributed by atoms with E-state index in [4.69, 9.17) is 24.9 Å². The van der Waals surface area contributed by atoms with E-state index in [9.17, 15) is 4.79 Å². The third kappa shape index (κ3) is 4.40. The number of nitrogens with one attached hydrogen (secondary N) is 1. The number of benzene rings is 1. The van der Waals surface area contributed by atoms with Crippen molar-refractivity contribution in [2.24, 2.45) is 0 Å². The predicted molar refractivity (Wildman–Crippen MR) is 98.2 cm³/mol. The van der Waals surface area contributed by atoms with Crippen molar-refractivity contribution in [2.75, 3.05) is 21.3 Å². The van der Waals surface area contributed by atoms with Gasteiger partial charge in [-0.25, -0.2) is 0 Å². The number of allylic oxidation sites excluding steroid dienone is 3. The Morgan fingerprint density at radius 1 is 1.07 bits per heavy atom. The Labute approximate surface area is 156 Å². The van der Waals surface area contributed by atoms with Crippen LogP contribution >= 0.6 is 0 Å². The van der Waals surface area contributed by atoms with Gasteiger partial charge in [-0.15, -0.1) is 0 Å². The molecule has 0 fully saturated rings. The molecule has 7 heteroatoms. The molecule has 0 amide bonds. The Balaban J connectivity index is 2.57. The van der Waals surface area contributed by atoms with Gasteiger partial charge in [0.15, 0.2) is 23.9 Å². The fraction of sp³-hybridized carbons (Fsp3) is 0.150. The summed E-state index contributed by atoms with van der Waals surface area (Å²) < 4.78 is 17.1. The fourth-order valence-electron chi connectivity index (χ4n) is 2.33. The lowest BCUT2D eigenvalue weighted by molar-refractivity contribution is -0.576. The molecule has 2 rings (SSSR count). The van der Waals surface area contributed by atoms with Crippen molar-refractivity contribution in [1.82, 2.24) is 0 Å². The van der Waals surface area contributed by atoms with Crippen molar-refractivity contribution in [1.29, 1.82) is 10.7 Å². The Kier molecular flexibility index (Phi) is 6.48. The lowest BCUT2D eigenvalue weighted by atomic mass is 10.1. The molecule has 0 unspecified atom stereocenters. The molecule has 0 saturated carbocycles. The smallest absolute Gasteiger partial charge is 0.260 e. The van der Waals surface area contributed by atoms with Crippen molar-refractivity contribution >= 4 is 17.4 Å². The van der Waals surface area contributed by atoms with Gasteiger partial charge in [0.25, 0.3) is 11.5 Å². The third-order valence-corrected chi connectivity index (χ3v) is 3.73. The Hall–Kier alpha value is -3.88. The van der Waals surface area contributed by atoms with Gasteiger partial charge >= 0.3 is 0 Å². The van der Waals surface area contributed by atoms with Gasteiger partial charge < -0.3 is 14.2 Å². The summed E-state index contributed by atoms with van der Waals surface area (Å²) in [5.74, 6) is 3.17. The summed E-state index contributed by atoms with van der Waals surface area (Å²) in [7, 11) is 4.52. The molecule has 2 aromatic rings. The number of methoxy groups -OCH3 is 3. The van der Waals surface area contributed by atoms with Gasteiger partial charge in [0.1, 0.15) is 17.4 Å². The number of Topliss-reactive ketones (excluding diaryl/α,β-unsaturated/α-hetero) is 1. The number of nitrogens with zero attached hydrogens (tertiary/aromatic N) is 2. The zero-order valence-electron chi connectivity index (χ0n) is 15.1. The lowest BCUT2D eigenvalue weighted by Crippen LogP contribution is -2.35. The van der Waals surface area contributed by atoms with Crippen LogP contribution in [0.1, 0.15) is 10.4 Å². The highest BCUT2D eigenvalue weighted by Gasteiger charge is 2.24. The van der Waals surface area contributed by atoms with E-state index in [-0.39, 0.29) is 17.1 Å². The Morgan fingerprint density at radius 3 is 2.26 bits per heavy atom. The number of carbonyl (C=O) groups is 1. The van der Waals surface area contributed by atoms with Gasteiger partial charge in [-0.3, -0.25) is 10.2 Å². The van der Waals surface area contributed by atoms with Crippen molar-refractivity contribution in [3.05, 3.63) is 59.9 Å². The van der Waals surface area contributed by atoms with E-state index in [0.29, 0.717) is 22.8 Å². The number of hydrogen-bond acceptors (Lipinski definition) is 6. The number of rotatable bonds is 7. The average molecular weight is 364 g/mol. The van der Waals surface area contributed by atoms with Gasteiger partial charge in [-0.2, -0.15) is 9.83 Å². The van der Waals surface area contributed by atoms with E-state index in [0.717, 1.165) is 0 Å². The van der Waals surface area contributed by atoms with E-state index in [2.05, 4.69) is 0 Å². The normalized spacial score (nSPS) is 10.4. The maximum atomic E-state index is 13.1. The SMILES string of the molecule is COc1cc[n+](C(=CC(=C=N)C#N)C(=O)c2ccc(OC)c(OC)c2)cc1. The van der Waals surface area contributed by atoms with Crippen LogP contribution < -0.4 is 18.8 Å². The average Bonchev–Trinajstić information content (AvgIpc) is 2.73.